The van der Waals surface area contributed by atoms with E-state index in [0.717, 1.165) is 16.8 Å². The molecule has 0 fully saturated rings. The monoisotopic (exact) mass is 384 g/mol. The highest BCUT2D eigenvalue weighted by Gasteiger charge is 2.14. The smallest absolute Gasteiger partial charge is 0.269 e. The van der Waals surface area contributed by atoms with E-state index in [1.807, 2.05) is 32.0 Å². The minimum atomic E-state index is -0.485. The van der Waals surface area contributed by atoms with Gasteiger partial charge in [0.05, 0.1) is 18.0 Å². The van der Waals surface area contributed by atoms with E-state index in [2.05, 4.69) is 10.6 Å². The van der Waals surface area contributed by atoms with Crippen LogP contribution in [-0.2, 0) is 9.59 Å². The van der Waals surface area contributed by atoms with Gasteiger partial charge in [0.1, 0.15) is 0 Å². The number of nitro benzene ring substituents is 1. The molecule has 0 bridgehead atoms. The number of carbonyl (C=O) groups excluding carboxylic acids is 2. The summed E-state index contributed by atoms with van der Waals surface area (Å²) < 4.78 is 0. The molecule has 8 nitrogen and oxygen atoms in total. The summed E-state index contributed by atoms with van der Waals surface area (Å²) in [6.45, 7) is 5.60. The number of nitrogens with zero attached hydrogens (tertiary/aromatic N) is 2. The molecular formula is C20H24N4O4. The van der Waals surface area contributed by atoms with Gasteiger partial charge in [-0.15, -0.1) is 0 Å². The zero-order chi connectivity index (χ0) is 20.8. The van der Waals surface area contributed by atoms with Crippen molar-refractivity contribution < 1.29 is 14.5 Å². The van der Waals surface area contributed by atoms with Crippen LogP contribution in [0.1, 0.15) is 16.7 Å². The molecule has 2 aromatic rings. The molecule has 2 amide bonds. The minimum Gasteiger partial charge on any atom is -0.325 e. The predicted molar refractivity (Wildman–Crippen MR) is 109 cm³/mol. The fourth-order valence-corrected chi connectivity index (χ4v) is 2.83. The van der Waals surface area contributed by atoms with Gasteiger partial charge in [0, 0.05) is 23.5 Å². The Balaban J connectivity index is 1.90. The van der Waals surface area contributed by atoms with Crippen LogP contribution in [0.3, 0.4) is 0 Å². The first-order valence-corrected chi connectivity index (χ1v) is 8.77. The van der Waals surface area contributed by atoms with E-state index in [9.17, 15) is 19.7 Å². The van der Waals surface area contributed by atoms with Crippen molar-refractivity contribution >= 4 is 28.9 Å². The molecule has 28 heavy (non-hydrogen) atoms. The lowest BCUT2D eigenvalue weighted by molar-refractivity contribution is -0.384. The Hall–Kier alpha value is -3.26. The molecule has 0 heterocycles. The number of nitro groups is 1. The van der Waals surface area contributed by atoms with Crippen molar-refractivity contribution in [3.05, 3.63) is 63.2 Å². The summed E-state index contributed by atoms with van der Waals surface area (Å²) >= 11 is 0. The third-order valence-corrected chi connectivity index (χ3v) is 4.27. The number of amides is 2. The molecule has 0 aliphatic heterocycles. The largest absolute Gasteiger partial charge is 0.325 e. The third kappa shape index (κ3) is 5.62. The molecule has 0 spiro atoms. The predicted octanol–water partition coefficient (Wildman–Crippen LogP) is 3.03. The van der Waals surface area contributed by atoms with Crippen molar-refractivity contribution in [1.29, 1.82) is 0 Å². The van der Waals surface area contributed by atoms with E-state index in [-0.39, 0.29) is 30.6 Å². The summed E-state index contributed by atoms with van der Waals surface area (Å²) in [4.78, 5) is 36.4. The van der Waals surface area contributed by atoms with Crippen molar-refractivity contribution in [1.82, 2.24) is 4.90 Å². The van der Waals surface area contributed by atoms with Crippen molar-refractivity contribution in [3.63, 3.8) is 0 Å². The summed E-state index contributed by atoms with van der Waals surface area (Å²) in [6.07, 6.45) is 0. The lowest BCUT2D eigenvalue weighted by Gasteiger charge is -2.18. The molecule has 8 heteroatoms. The molecule has 0 saturated heterocycles. The third-order valence-electron chi connectivity index (χ3n) is 4.27. The molecule has 2 aromatic carbocycles. The van der Waals surface area contributed by atoms with Crippen LogP contribution < -0.4 is 10.6 Å². The number of nitrogens with one attached hydrogen (secondary N) is 2. The van der Waals surface area contributed by atoms with Crippen LogP contribution >= 0.6 is 0 Å². The van der Waals surface area contributed by atoms with Crippen molar-refractivity contribution in [3.8, 4) is 0 Å². The van der Waals surface area contributed by atoms with Gasteiger partial charge < -0.3 is 10.6 Å². The van der Waals surface area contributed by atoms with Crippen LogP contribution in [0.25, 0.3) is 0 Å². The van der Waals surface area contributed by atoms with Gasteiger partial charge in [0.25, 0.3) is 5.69 Å². The SMILES string of the molecule is Cc1cc([N+](=O)[O-])ccc1NC(=O)CN(C)CC(=O)Nc1c(C)cccc1C. The second kappa shape index (κ2) is 9.09. The molecule has 0 atom stereocenters. The molecule has 0 radical (unpaired) electrons. The average molecular weight is 384 g/mol. The molecule has 0 unspecified atom stereocenters. The molecule has 0 saturated carbocycles. The van der Waals surface area contributed by atoms with Gasteiger partial charge in [-0.05, 0) is 50.6 Å². The topological polar surface area (TPSA) is 105 Å². The van der Waals surface area contributed by atoms with Crippen LogP contribution in [0.2, 0.25) is 0 Å². The number of para-hydroxylation sites is 1. The van der Waals surface area contributed by atoms with E-state index in [4.69, 9.17) is 0 Å². The maximum atomic E-state index is 12.3. The van der Waals surface area contributed by atoms with Crippen LogP contribution in [0.15, 0.2) is 36.4 Å². The Labute approximate surface area is 163 Å². The Morgan fingerprint density at radius 1 is 0.964 bits per heavy atom. The summed E-state index contributed by atoms with van der Waals surface area (Å²) in [5, 5.41) is 16.4. The normalized spacial score (nSPS) is 10.6. The second-order valence-electron chi connectivity index (χ2n) is 6.79. The van der Waals surface area contributed by atoms with Gasteiger partial charge in [-0.25, -0.2) is 0 Å². The summed E-state index contributed by atoms with van der Waals surface area (Å²) in [6, 6.07) is 10.0. The molecule has 0 aliphatic rings. The molecule has 2 rings (SSSR count). The van der Waals surface area contributed by atoms with Crippen LogP contribution in [0.5, 0.6) is 0 Å². The number of aryl methyl sites for hydroxylation is 3. The first kappa shape index (κ1) is 21.0. The van der Waals surface area contributed by atoms with Crippen molar-refractivity contribution in [2.24, 2.45) is 0 Å². The summed E-state index contributed by atoms with van der Waals surface area (Å²) in [5.74, 6) is -0.515. The maximum absolute atomic E-state index is 12.3. The van der Waals surface area contributed by atoms with E-state index >= 15 is 0 Å². The van der Waals surface area contributed by atoms with Gasteiger partial charge in [0.15, 0.2) is 0 Å². The van der Waals surface area contributed by atoms with E-state index in [1.165, 1.54) is 18.2 Å². The van der Waals surface area contributed by atoms with E-state index in [1.54, 1.807) is 18.9 Å². The lowest BCUT2D eigenvalue weighted by Crippen LogP contribution is -2.36. The highest BCUT2D eigenvalue weighted by atomic mass is 16.6. The average Bonchev–Trinajstić information content (AvgIpc) is 2.59. The Morgan fingerprint density at radius 3 is 2.07 bits per heavy atom. The van der Waals surface area contributed by atoms with Crippen molar-refractivity contribution in [2.75, 3.05) is 30.8 Å². The number of likely N-dealkylation sites (N-methyl/N-ethyl adjacent to an activating group) is 1. The molecule has 0 aliphatic carbocycles. The van der Waals surface area contributed by atoms with Gasteiger partial charge in [0.2, 0.25) is 11.8 Å². The first-order chi connectivity index (χ1) is 13.2. The molecule has 148 valence electrons. The standard InChI is InChI=1S/C20H24N4O4/c1-13-6-5-7-14(2)20(13)22-19(26)12-23(4)11-18(25)21-17-9-8-16(24(27)28)10-15(17)3/h5-10H,11-12H2,1-4H3,(H,21,25)(H,22,26). The Bertz CT molecular complexity index is 891. The van der Waals surface area contributed by atoms with E-state index in [0.29, 0.717) is 11.3 Å². The number of hydrogen-bond donors (Lipinski definition) is 2. The number of benzene rings is 2. The lowest BCUT2D eigenvalue weighted by atomic mass is 10.1. The summed E-state index contributed by atoms with van der Waals surface area (Å²) in [7, 11) is 1.67. The van der Waals surface area contributed by atoms with Gasteiger partial charge in [-0.2, -0.15) is 0 Å². The van der Waals surface area contributed by atoms with Crippen LogP contribution in [0.4, 0.5) is 17.1 Å². The first-order valence-electron chi connectivity index (χ1n) is 8.77. The van der Waals surface area contributed by atoms with Gasteiger partial charge in [-0.3, -0.25) is 24.6 Å². The number of rotatable bonds is 7. The number of anilines is 2. The maximum Gasteiger partial charge on any atom is 0.269 e. The molecular weight excluding hydrogens is 360 g/mol. The molecule has 2 N–H and O–H groups in total. The zero-order valence-corrected chi connectivity index (χ0v) is 16.4. The fraction of sp³-hybridized carbons (Fsp3) is 0.300. The summed E-state index contributed by atoms with van der Waals surface area (Å²) in [5.41, 5.74) is 3.80. The van der Waals surface area contributed by atoms with E-state index < -0.39 is 4.92 Å². The highest BCUT2D eigenvalue weighted by Crippen LogP contribution is 2.21. The second-order valence-corrected chi connectivity index (χ2v) is 6.79. The molecule has 0 aromatic heterocycles. The highest BCUT2D eigenvalue weighted by molar-refractivity contribution is 5.95. The minimum absolute atomic E-state index is 0.0105. The van der Waals surface area contributed by atoms with Crippen LogP contribution in [-0.4, -0.2) is 41.8 Å². The van der Waals surface area contributed by atoms with Gasteiger partial charge >= 0.3 is 0 Å². The Morgan fingerprint density at radius 2 is 1.54 bits per heavy atom. The van der Waals surface area contributed by atoms with Crippen molar-refractivity contribution in [2.45, 2.75) is 20.8 Å². The number of hydrogen-bond acceptors (Lipinski definition) is 5. The van der Waals surface area contributed by atoms with Gasteiger partial charge in [-0.1, -0.05) is 18.2 Å². The zero-order valence-electron chi connectivity index (χ0n) is 16.4. The number of non-ortho nitro benzene ring substituents is 1. The quantitative estimate of drug-likeness (QED) is 0.564. The van der Waals surface area contributed by atoms with Crippen LogP contribution in [0, 0.1) is 30.9 Å². The fourth-order valence-electron chi connectivity index (χ4n) is 2.83. The Kier molecular flexibility index (Phi) is 6.84. The number of carbonyl (C=O) groups is 2.